The molecule has 0 aromatic carbocycles. The van der Waals surface area contributed by atoms with Crippen molar-refractivity contribution in [2.75, 3.05) is 60.1 Å². The number of aliphatic imine (C=N–C) groups is 1. The second-order valence-electron chi connectivity index (χ2n) is 7.64. The zero-order chi connectivity index (χ0) is 18.5. The second kappa shape index (κ2) is 15.8. The van der Waals surface area contributed by atoms with Gasteiger partial charge in [-0.25, -0.2) is 0 Å². The standard InChI is InChI=1S/C20H40N4O2.HI/c1-21-20(22-11-6-15-26-19-7-4-3-5-8-19)23-17-18-9-12-24(13-10-18)14-16-25-2;/h18-19H,3-17H2,1-2H3,(H2,21,22,23);1H. The lowest BCUT2D eigenvalue weighted by atomic mass is 9.97. The highest BCUT2D eigenvalue weighted by atomic mass is 127. The molecule has 0 spiro atoms. The van der Waals surface area contributed by atoms with E-state index in [1.54, 1.807) is 7.11 Å². The van der Waals surface area contributed by atoms with E-state index in [0.717, 1.165) is 51.1 Å². The van der Waals surface area contributed by atoms with Crippen LogP contribution in [-0.2, 0) is 9.47 Å². The number of nitrogens with zero attached hydrogens (tertiary/aromatic N) is 2. The number of likely N-dealkylation sites (tertiary alicyclic amines) is 1. The molecule has 0 atom stereocenters. The van der Waals surface area contributed by atoms with E-state index >= 15 is 0 Å². The summed E-state index contributed by atoms with van der Waals surface area (Å²) in [6.45, 7) is 7.04. The summed E-state index contributed by atoms with van der Waals surface area (Å²) in [5.41, 5.74) is 0. The van der Waals surface area contributed by atoms with E-state index in [1.807, 2.05) is 7.05 Å². The van der Waals surface area contributed by atoms with Crippen LogP contribution in [0.5, 0.6) is 0 Å². The molecule has 0 radical (unpaired) electrons. The number of ether oxygens (including phenoxy) is 2. The molecule has 1 saturated heterocycles. The van der Waals surface area contributed by atoms with E-state index in [0.29, 0.717) is 6.10 Å². The van der Waals surface area contributed by atoms with Crippen LogP contribution in [-0.4, -0.2) is 77.1 Å². The Kier molecular flexibility index (Phi) is 14.5. The van der Waals surface area contributed by atoms with Gasteiger partial charge in [0.2, 0.25) is 0 Å². The molecule has 1 aliphatic carbocycles. The van der Waals surface area contributed by atoms with E-state index < -0.39 is 0 Å². The number of piperidine rings is 1. The van der Waals surface area contributed by atoms with Crippen LogP contribution in [0.2, 0.25) is 0 Å². The molecule has 1 saturated carbocycles. The van der Waals surface area contributed by atoms with E-state index in [2.05, 4.69) is 20.5 Å². The molecule has 1 aliphatic heterocycles. The third-order valence-corrected chi connectivity index (χ3v) is 5.62. The number of hydrogen-bond donors (Lipinski definition) is 2. The molecule has 2 fully saturated rings. The number of methoxy groups -OCH3 is 1. The third-order valence-electron chi connectivity index (χ3n) is 5.62. The summed E-state index contributed by atoms with van der Waals surface area (Å²) in [4.78, 5) is 6.84. The summed E-state index contributed by atoms with van der Waals surface area (Å²) in [5.74, 6) is 1.66. The zero-order valence-corrected chi connectivity index (χ0v) is 19.7. The zero-order valence-electron chi connectivity index (χ0n) is 17.4. The molecule has 0 aromatic rings. The summed E-state index contributed by atoms with van der Waals surface area (Å²) in [5, 5.41) is 6.91. The van der Waals surface area contributed by atoms with Crippen molar-refractivity contribution in [2.24, 2.45) is 10.9 Å². The van der Waals surface area contributed by atoms with Crippen molar-refractivity contribution in [3.8, 4) is 0 Å². The highest BCUT2D eigenvalue weighted by Gasteiger charge is 2.19. The molecule has 0 aromatic heterocycles. The lowest BCUT2D eigenvalue weighted by Gasteiger charge is -2.32. The molecule has 0 bridgehead atoms. The Hall–Kier alpha value is -0.120. The van der Waals surface area contributed by atoms with Gasteiger partial charge in [-0.15, -0.1) is 24.0 Å². The maximum Gasteiger partial charge on any atom is 0.190 e. The predicted octanol–water partition coefficient (Wildman–Crippen LogP) is 2.87. The van der Waals surface area contributed by atoms with E-state index in [9.17, 15) is 0 Å². The largest absolute Gasteiger partial charge is 0.383 e. The summed E-state index contributed by atoms with van der Waals surface area (Å²) in [6.07, 6.45) is 10.6. The van der Waals surface area contributed by atoms with Crippen LogP contribution in [0.3, 0.4) is 0 Å². The number of rotatable bonds is 10. The molecule has 2 N–H and O–H groups in total. The molecule has 2 aliphatic rings. The first-order valence-corrected chi connectivity index (χ1v) is 10.6. The summed E-state index contributed by atoms with van der Waals surface area (Å²) in [6, 6.07) is 0. The number of nitrogens with one attached hydrogen (secondary N) is 2. The number of guanidine groups is 1. The van der Waals surface area contributed by atoms with Crippen molar-refractivity contribution >= 4 is 29.9 Å². The molecule has 7 heteroatoms. The summed E-state index contributed by atoms with van der Waals surface area (Å²) in [7, 11) is 3.62. The van der Waals surface area contributed by atoms with E-state index in [4.69, 9.17) is 9.47 Å². The SMILES string of the molecule is CN=C(NCCCOC1CCCCC1)NCC1CCN(CCOC)CC1.I. The van der Waals surface area contributed by atoms with Crippen molar-refractivity contribution in [2.45, 2.75) is 57.5 Å². The molecule has 1 heterocycles. The van der Waals surface area contributed by atoms with Crippen molar-refractivity contribution in [1.29, 1.82) is 0 Å². The minimum atomic E-state index is 0. The molecular weight excluding hydrogens is 455 g/mol. The fraction of sp³-hybridized carbons (Fsp3) is 0.950. The Morgan fingerprint density at radius 2 is 1.78 bits per heavy atom. The van der Waals surface area contributed by atoms with E-state index in [-0.39, 0.29) is 24.0 Å². The van der Waals surface area contributed by atoms with Crippen molar-refractivity contribution < 1.29 is 9.47 Å². The number of halogens is 1. The quantitative estimate of drug-likeness (QED) is 0.211. The van der Waals surface area contributed by atoms with Gasteiger partial charge in [0.05, 0.1) is 12.7 Å². The fourth-order valence-corrected chi connectivity index (χ4v) is 3.86. The Labute approximate surface area is 183 Å². The van der Waals surface area contributed by atoms with Crippen LogP contribution in [0.4, 0.5) is 0 Å². The molecule has 6 nitrogen and oxygen atoms in total. The Bertz CT molecular complexity index is 384. The smallest absolute Gasteiger partial charge is 0.190 e. The van der Waals surface area contributed by atoms with Crippen molar-refractivity contribution in [1.82, 2.24) is 15.5 Å². The minimum Gasteiger partial charge on any atom is -0.383 e. The lowest BCUT2D eigenvalue weighted by molar-refractivity contribution is 0.0277. The molecule has 27 heavy (non-hydrogen) atoms. The van der Waals surface area contributed by atoms with Gasteiger partial charge in [-0.05, 0) is 51.1 Å². The normalized spacial score (nSPS) is 20.3. The van der Waals surface area contributed by atoms with Gasteiger partial charge in [-0.3, -0.25) is 4.99 Å². The Morgan fingerprint density at radius 1 is 1.04 bits per heavy atom. The number of hydrogen-bond acceptors (Lipinski definition) is 4. The average Bonchev–Trinajstić information content (AvgIpc) is 2.70. The van der Waals surface area contributed by atoms with Gasteiger partial charge in [0, 0.05) is 40.4 Å². The highest BCUT2D eigenvalue weighted by Crippen LogP contribution is 2.20. The van der Waals surface area contributed by atoms with Gasteiger partial charge in [0.15, 0.2) is 5.96 Å². The topological polar surface area (TPSA) is 58.1 Å². The van der Waals surface area contributed by atoms with Gasteiger partial charge in [0.1, 0.15) is 0 Å². The minimum absolute atomic E-state index is 0. The lowest BCUT2D eigenvalue weighted by Crippen LogP contribution is -2.43. The van der Waals surface area contributed by atoms with Gasteiger partial charge in [-0.2, -0.15) is 0 Å². The first-order valence-electron chi connectivity index (χ1n) is 10.6. The molecular formula is C20H41IN4O2. The maximum absolute atomic E-state index is 5.98. The summed E-state index contributed by atoms with van der Waals surface area (Å²) < 4.78 is 11.1. The fourth-order valence-electron chi connectivity index (χ4n) is 3.86. The second-order valence-corrected chi connectivity index (χ2v) is 7.64. The molecule has 0 amide bonds. The van der Waals surface area contributed by atoms with Gasteiger partial charge < -0.3 is 25.0 Å². The average molecular weight is 496 g/mol. The highest BCUT2D eigenvalue weighted by molar-refractivity contribution is 14.0. The molecule has 160 valence electrons. The van der Waals surface area contributed by atoms with Crippen LogP contribution >= 0.6 is 24.0 Å². The van der Waals surface area contributed by atoms with Crippen LogP contribution < -0.4 is 10.6 Å². The van der Waals surface area contributed by atoms with Crippen LogP contribution in [0.15, 0.2) is 4.99 Å². The molecule has 0 unspecified atom stereocenters. The Balaban J connectivity index is 0.00000364. The monoisotopic (exact) mass is 496 g/mol. The summed E-state index contributed by atoms with van der Waals surface area (Å²) >= 11 is 0. The predicted molar refractivity (Wildman–Crippen MR) is 123 cm³/mol. The third kappa shape index (κ3) is 10.9. The van der Waals surface area contributed by atoms with Gasteiger partial charge in [0.25, 0.3) is 0 Å². The molecule has 2 rings (SSSR count). The van der Waals surface area contributed by atoms with Crippen LogP contribution in [0.25, 0.3) is 0 Å². The van der Waals surface area contributed by atoms with Gasteiger partial charge in [-0.1, -0.05) is 19.3 Å². The maximum atomic E-state index is 5.98. The Morgan fingerprint density at radius 3 is 2.44 bits per heavy atom. The first kappa shape index (κ1) is 24.9. The van der Waals surface area contributed by atoms with Crippen molar-refractivity contribution in [3.05, 3.63) is 0 Å². The first-order chi connectivity index (χ1) is 12.8. The van der Waals surface area contributed by atoms with Crippen LogP contribution in [0.1, 0.15) is 51.4 Å². The van der Waals surface area contributed by atoms with E-state index in [1.165, 1.54) is 58.0 Å². The van der Waals surface area contributed by atoms with Crippen LogP contribution in [0, 0.1) is 5.92 Å². The van der Waals surface area contributed by atoms with Gasteiger partial charge >= 0.3 is 0 Å². The van der Waals surface area contributed by atoms with Crippen molar-refractivity contribution in [3.63, 3.8) is 0 Å².